The minimum absolute atomic E-state index is 0.0132. The Bertz CT molecular complexity index is 1920. The number of nitrogens with one attached hydrogen (secondary N) is 6. The highest BCUT2D eigenvalue weighted by Gasteiger charge is 2.38. The number of aliphatic hydroxyl groups is 1. The van der Waals surface area contributed by atoms with Crippen LogP contribution in [0.15, 0.2) is 46.1 Å². The molecule has 1 aliphatic heterocycles. The van der Waals surface area contributed by atoms with Gasteiger partial charge in [0.05, 0.1) is 18.2 Å². The van der Waals surface area contributed by atoms with Crippen molar-refractivity contribution in [1.29, 1.82) is 0 Å². The van der Waals surface area contributed by atoms with E-state index in [1.165, 1.54) is 45.7 Å². The first-order valence-electron chi connectivity index (χ1n) is 16.6. The minimum Gasteiger partial charge on any atom is -0.480 e. The Hall–Kier alpha value is -5.53. The van der Waals surface area contributed by atoms with Gasteiger partial charge in [0.2, 0.25) is 17.7 Å². The molecule has 0 spiro atoms. The highest BCUT2D eigenvalue weighted by molar-refractivity contribution is 5.93. The molecular formula is C33H45N9O10. The summed E-state index contributed by atoms with van der Waals surface area (Å²) in [5.74, 6) is -3.39. The van der Waals surface area contributed by atoms with E-state index in [1.807, 2.05) is 18.2 Å². The average molecular weight is 728 g/mol. The van der Waals surface area contributed by atoms with E-state index in [9.17, 15) is 43.8 Å². The molecule has 2 aromatic heterocycles. The quantitative estimate of drug-likeness (QED) is 0.0889. The van der Waals surface area contributed by atoms with E-state index in [4.69, 9.17) is 10.5 Å². The first-order valence-corrected chi connectivity index (χ1v) is 16.6. The molecule has 19 heteroatoms. The van der Waals surface area contributed by atoms with Crippen molar-refractivity contribution in [3.8, 4) is 0 Å². The van der Waals surface area contributed by atoms with Crippen molar-refractivity contribution in [2.75, 3.05) is 13.6 Å². The summed E-state index contributed by atoms with van der Waals surface area (Å²) < 4.78 is 6.94. The van der Waals surface area contributed by atoms with E-state index in [1.54, 1.807) is 12.3 Å². The van der Waals surface area contributed by atoms with Gasteiger partial charge >= 0.3 is 17.7 Å². The summed E-state index contributed by atoms with van der Waals surface area (Å²) in [6, 6.07) is 1.63. The zero-order chi connectivity index (χ0) is 38.4. The number of nitrogens with two attached hydrogens (primary N) is 1. The van der Waals surface area contributed by atoms with Crippen molar-refractivity contribution in [2.24, 2.45) is 5.73 Å². The number of aromatic nitrogens is 3. The van der Waals surface area contributed by atoms with Gasteiger partial charge in [-0.2, -0.15) is 0 Å². The minimum atomic E-state index is -1.38. The van der Waals surface area contributed by atoms with Gasteiger partial charge in [-0.15, -0.1) is 0 Å². The van der Waals surface area contributed by atoms with E-state index in [0.29, 0.717) is 5.56 Å². The standard InChI is InChI=1S/C33H45N9O10/c1-15-10-25(44)39-33(51)42(15)30-24(43)12-20(52-30)14-36-28(46)26(18(4)41(5)29(47)16(2)34)40-27(45)17(3)37-32(50)38-23(31(48)49)11-19-13-35-22-9-7-6-8-21(19)22/h6-10,13,16-18,20,23-24,26,30,35,43H,11-12,14,34H2,1-5H3,(H,36,46)(H,40,45)(H,48,49)(H2,37,38,50)(H,39,44,51)/t16-,17-,18-,20?,23-,24?,26-,30?/m0/s1. The Balaban J connectivity index is 1.41. The number of carbonyl (C=O) groups excluding carboxylic acids is 4. The molecule has 52 heavy (non-hydrogen) atoms. The van der Waals surface area contributed by atoms with Gasteiger partial charge in [-0.1, -0.05) is 18.2 Å². The number of aromatic amines is 2. The first kappa shape index (κ1) is 39.3. The fourth-order valence-corrected chi connectivity index (χ4v) is 5.97. The number of carboxylic acid groups (broad SMARTS) is 1. The number of H-pyrrole nitrogens is 2. The molecule has 10 N–H and O–H groups in total. The maximum absolute atomic E-state index is 13.6. The number of para-hydroxylation sites is 1. The number of carbonyl (C=O) groups is 5. The van der Waals surface area contributed by atoms with E-state index >= 15 is 0 Å². The van der Waals surface area contributed by atoms with Crippen LogP contribution in [0.2, 0.25) is 0 Å². The number of aryl methyl sites for hydroxylation is 1. The average Bonchev–Trinajstić information content (AvgIpc) is 3.66. The molecule has 0 radical (unpaired) electrons. The molecule has 1 aromatic carbocycles. The van der Waals surface area contributed by atoms with Crippen LogP contribution >= 0.6 is 0 Å². The Morgan fingerprint density at radius 1 is 1.08 bits per heavy atom. The molecular weight excluding hydrogens is 682 g/mol. The molecule has 0 aliphatic carbocycles. The van der Waals surface area contributed by atoms with Gasteiger partial charge in [-0.25, -0.2) is 14.4 Å². The Kier molecular flexibility index (Phi) is 12.6. The Morgan fingerprint density at radius 2 is 1.77 bits per heavy atom. The number of likely N-dealkylation sites (N-methyl/N-ethyl adjacent to an activating group) is 1. The van der Waals surface area contributed by atoms with Crippen molar-refractivity contribution in [1.82, 2.24) is 40.7 Å². The summed E-state index contributed by atoms with van der Waals surface area (Å²) in [4.78, 5) is 94.9. The number of fused-ring (bicyclic) bond motifs is 1. The maximum Gasteiger partial charge on any atom is 0.330 e. The Morgan fingerprint density at radius 3 is 2.42 bits per heavy atom. The van der Waals surface area contributed by atoms with E-state index in [-0.39, 0.29) is 25.1 Å². The molecule has 4 rings (SSSR count). The molecule has 1 aliphatic rings. The van der Waals surface area contributed by atoms with Crippen LogP contribution in [-0.2, 0) is 30.3 Å². The first-order chi connectivity index (χ1) is 24.5. The molecule has 1 saturated heterocycles. The maximum atomic E-state index is 13.6. The van der Waals surface area contributed by atoms with Crippen LogP contribution in [0.4, 0.5) is 4.79 Å². The lowest BCUT2D eigenvalue weighted by atomic mass is 10.1. The van der Waals surface area contributed by atoms with Gasteiger partial charge in [0.1, 0.15) is 24.2 Å². The summed E-state index contributed by atoms with van der Waals surface area (Å²) >= 11 is 0. The fraction of sp³-hybridized carbons (Fsp3) is 0.485. The number of nitrogens with zero attached hydrogens (tertiary/aromatic N) is 2. The molecule has 8 atom stereocenters. The van der Waals surface area contributed by atoms with E-state index < -0.39 is 89.6 Å². The smallest absolute Gasteiger partial charge is 0.330 e. The number of urea groups is 1. The molecule has 5 amide bonds. The number of hydrogen-bond donors (Lipinski definition) is 9. The summed E-state index contributed by atoms with van der Waals surface area (Å²) in [6.45, 7) is 5.63. The van der Waals surface area contributed by atoms with Gasteiger partial charge in [0, 0.05) is 55.3 Å². The molecule has 19 nitrogen and oxygen atoms in total. The van der Waals surface area contributed by atoms with Crippen LogP contribution in [0.25, 0.3) is 10.9 Å². The van der Waals surface area contributed by atoms with Crippen molar-refractivity contribution < 1.29 is 38.9 Å². The highest BCUT2D eigenvalue weighted by atomic mass is 16.5. The zero-order valence-electron chi connectivity index (χ0n) is 29.3. The predicted octanol–water partition coefficient (Wildman–Crippen LogP) is -1.85. The van der Waals surface area contributed by atoms with Crippen LogP contribution in [0, 0.1) is 6.92 Å². The molecule has 0 bridgehead atoms. The molecule has 0 saturated carbocycles. The van der Waals surface area contributed by atoms with Crippen molar-refractivity contribution in [3.05, 3.63) is 68.6 Å². The van der Waals surface area contributed by atoms with Crippen LogP contribution in [-0.4, -0.2) is 115 Å². The second-order valence-electron chi connectivity index (χ2n) is 12.9. The fourth-order valence-electron chi connectivity index (χ4n) is 5.97. The third-order valence-corrected chi connectivity index (χ3v) is 8.95. The summed E-state index contributed by atoms with van der Waals surface area (Å²) in [5.41, 5.74) is 6.10. The normalized spacial score (nSPS) is 19.9. The molecule has 3 unspecified atom stereocenters. The van der Waals surface area contributed by atoms with Crippen LogP contribution in [0.3, 0.4) is 0 Å². The third-order valence-electron chi connectivity index (χ3n) is 8.95. The second kappa shape index (κ2) is 16.7. The Labute approximate surface area is 297 Å². The van der Waals surface area contributed by atoms with Gasteiger partial charge in [0.15, 0.2) is 6.23 Å². The number of rotatable bonds is 14. The summed E-state index contributed by atoms with van der Waals surface area (Å²) in [6.07, 6.45) is -1.46. The number of amides is 5. The second-order valence-corrected chi connectivity index (χ2v) is 12.9. The lowest BCUT2D eigenvalue weighted by Gasteiger charge is -2.33. The van der Waals surface area contributed by atoms with Gasteiger partial charge in [-0.05, 0) is 39.3 Å². The molecule has 3 aromatic rings. The lowest BCUT2D eigenvalue weighted by molar-refractivity contribution is -0.139. The SMILES string of the molecule is Cc1cc(=O)[nH]c(=O)n1C1OC(CNC(=O)[C@@H](NC(=O)[C@H](C)NC(=O)N[C@@H](Cc2c[nH]c3ccccc23)C(=O)O)[C@H](C)N(C)C(=O)[C@H](C)N)CC1O. The van der Waals surface area contributed by atoms with Crippen molar-refractivity contribution >= 4 is 40.6 Å². The largest absolute Gasteiger partial charge is 0.480 e. The topological polar surface area (TPSA) is 283 Å². The van der Waals surface area contributed by atoms with E-state index in [0.717, 1.165) is 15.5 Å². The molecule has 282 valence electrons. The van der Waals surface area contributed by atoms with Gasteiger partial charge in [0.25, 0.3) is 5.56 Å². The third kappa shape index (κ3) is 9.22. The highest BCUT2D eigenvalue weighted by Crippen LogP contribution is 2.28. The number of aliphatic carboxylic acids is 1. The zero-order valence-corrected chi connectivity index (χ0v) is 29.3. The summed E-state index contributed by atoms with van der Waals surface area (Å²) in [5, 5.41) is 31.2. The van der Waals surface area contributed by atoms with Crippen molar-refractivity contribution in [2.45, 2.75) is 89.2 Å². The molecule has 3 heterocycles. The van der Waals surface area contributed by atoms with Crippen LogP contribution < -0.4 is 38.2 Å². The molecule has 1 fully saturated rings. The number of hydrogen-bond acceptors (Lipinski definition) is 10. The summed E-state index contributed by atoms with van der Waals surface area (Å²) in [7, 11) is 1.41. The van der Waals surface area contributed by atoms with Crippen LogP contribution in [0.1, 0.15) is 44.7 Å². The van der Waals surface area contributed by atoms with Crippen LogP contribution in [0.5, 0.6) is 0 Å². The van der Waals surface area contributed by atoms with Gasteiger partial charge < -0.3 is 51.8 Å². The number of benzene rings is 1. The predicted molar refractivity (Wildman–Crippen MR) is 186 cm³/mol. The number of carboxylic acids is 1. The number of aliphatic hydroxyl groups excluding tert-OH is 1. The monoisotopic (exact) mass is 727 g/mol. The number of ether oxygens (including phenoxy) is 1. The van der Waals surface area contributed by atoms with Gasteiger partial charge in [-0.3, -0.25) is 28.7 Å². The lowest BCUT2D eigenvalue weighted by Crippen LogP contribution is -2.62. The van der Waals surface area contributed by atoms with Crippen molar-refractivity contribution in [3.63, 3.8) is 0 Å². The van der Waals surface area contributed by atoms with E-state index in [2.05, 4.69) is 31.2 Å².